The SMILES string of the molecule is O=C(C1CCS(=O)(=O)C1)C(F)(F)F. The molecule has 0 N–H and O–H groups in total. The largest absolute Gasteiger partial charge is 0.450 e. The van der Waals surface area contributed by atoms with Crippen LogP contribution in [0.2, 0.25) is 0 Å². The van der Waals surface area contributed by atoms with Crippen molar-refractivity contribution < 1.29 is 26.4 Å². The molecule has 0 radical (unpaired) electrons. The third-order valence-electron chi connectivity index (χ3n) is 1.88. The quantitative estimate of drug-likeness (QED) is 0.643. The number of sulfone groups is 1. The van der Waals surface area contributed by atoms with Gasteiger partial charge in [-0.2, -0.15) is 13.2 Å². The topological polar surface area (TPSA) is 51.2 Å². The molecule has 0 aromatic carbocycles. The van der Waals surface area contributed by atoms with Gasteiger partial charge in [-0.3, -0.25) is 4.79 Å². The smallest absolute Gasteiger partial charge is 0.289 e. The number of alkyl halides is 3. The molecule has 76 valence electrons. The van der Waals surface area contributed by atoms with E-state index in [1.165, 1.54) is 0 Å². The van der Waals surface area contributed by atoms with Crippen molar-refractivity contribution >= 4 is 15.6 Å². The van der Waals surface area contributed by atoms with Crippen molar-refractivity contribution in [3.63, 3.8) is 0 Å². The van der Waals surface area contributed by atoms with Crippen LogP contribution in [-0.4, -0.2) is 31.9 Å². The lowest BCUT2D eigenvalue weighted by Gasteiger charge is -2.08. The molecule has 13 heavy (non-hydrogen) atoms. The fraction of sp³-hybridized carbons (Fsp3) is 0.833. The molecule has 7 heteroatoms. The van der Waals surface area contributed by atoms with Gasteiger partial charge < -0.3 is 0 Å². The van der Waals surface area contributed by atoms with E-state index in [9.17, 15) is 26.4 Å². The van der Waals surface area contributed by atoms with Crippen LogP contribution in [0.5, 0.6) is 0 Å². The predicted octanol–water partition coefficient (Wildman–Crippen LogP) is 0.553. The van der Waals surface area contributed by atoms with Crippen LogP contribution < -0.4 is 0 Å². The van der Waals surface area contributed by atoms with Gasteiger partial charge >= 0.3 is 6.18 Å². The molecule has 1 rings (SSSR count). The van der Waals surface area contributed by atoms with Crippen LogP contribution in [0.3, 0.4) is 0 Å². The zero-order chi connectivity index (χ0) is 10.3. The first-order chi connectivity index (χ1) is 5.72. The van der Waals surface area contributed by atoms with Crippen LogP contribution >= 0.6 is 0 Å². The maximum atomic E-state index is 11.8. The Morgan fingerprint density at radius 2 is 1.85 bits per heavy atom. The Labute approximate surface area is 72.8 Å². The number of carbonyl (C=O) groups excluding carboxylic acids is 1. The minimum Gasteiger partial charge on any atom is -0.289 e. The summed E-state index contributed by atoms with van der Waals surface area (Å²) in [6.45, 7) is 0. The lowest BCUT2D eigenvalue weighted by molar-refractivity contribution is -0.174. The molecule has 0 amide bonds. The molecule has 1 atom stereocenters. The van der Waals surface area contributed by atoms with Gasteiger partial charge in [0, 0.05) is 5.92 Å². The molecule has 1 fully saturated rings. The minimum atomic E-state index is -4.91. The summed E-state index contributed by atoms with van der Waals surface area (Å²) in [6, 6.07) is 0. The number of Topliss-reactive ketones (excluding diaryl/α,β-unsaturated/α-hetero) is 1. The third-order valence-corrected chi connectivity index (χ3v) is 3.65. The van der Waals surface area contributed by atoms with Crippen molar-refractivity contribution in [1.29, 1.82) is 0 Å². The van der Waals surface area contributed by atoms with Crippen LogP contribution in [-0.2, 0) is 14.6 Å². The number of rotatable bonds is 1. The Hall–Kier alpha value is -0.590. The second-order valence-corrected chi connectivity index (χ2v) is 5.19. The summed E-state index contributed by atoms with van der Waals surface area (Å²) >= 11 is 0. The highest BCUT2D eigenvalue weighted by molar-refractivity contribution is 7.91. The molecule has 3 nitrogen and oxygen atoms in total. The van der Waals surface area contributed by atoms with Gasteiger partial charge in [-0.05, 0) is 6.42 Å². The molecule has 1 aliphatic rings. The predicted molar refractivity (Wildman–Crippen MR) is 37.8 cm³/mol. The summed E-state index contributed by atoms with van der Waals surface area (Å²) < 4.78 is 56.9. The second-order valence-electron chi connectivity index (χ2n) is 2.96. The molecule has 0 aliphatic carbocycles. The third kappa shape index (κ3) is 2.43. The lowest BCUT2D eigenvalue weighted by Crippen LogP contribution is -2.31. The highest BCUT2D eigenvalue weighted by atomic mass is 32.2. The molecule has 1 heterocycles. The fourth-order valence-electron chi connectivity index (χ4n) is 1.23. The van der Waals surface area contributed by atoms with Gasteiger partial charge in [0.25, 0.3) is 0 Å². The minimum absolute atomic E-state index is 0.208. The fourth-order valence-corrected chi connectivity index (χ4v) is 2.97. The average Bonchev–Trinajstić information content (AvgIpc) is 2.26. The Morgan fingerprint density at radius 3 is 2.15 bits per heavy atom. The Balaban J connectivity index is 2.73. The molecule has 0 bridgehead atoms. The molecule has 0 aromatic rings. The van der Waals surface area contributed by atoms with E-state index in [1.807, 2.05) is 0 Å². The van der Waals surface area contributed by atoms with E-state index in [0.717, 1.165) is 0 Å². The van der Waals surface area contributed by atoms with Gasteiger partial charge in [-0.25, -0.2) is 8.42 Å². The van der Waals surface area contributed by atoms with E-state index in [1.54, 1.807) is 0 Å². The highest BCUT2D eigenvalue weighted by Gasteiger charge is 2.46. The van der Waals surface area contributed by atoms with E-state index in [0.29, 0.717) is 0 Å². The number of halogens is 3. The number of hydrogen-bond donors (Lipinski definition) is 0. The zero-order valence-corrected chi connectivity index (χ0v) is 7.28. The first-order valence-corrected chi connectivity index (χ1v) is 5.36. The Kier molecular flexibility index (Phi) is 2.40. The van der Waals surface area contributed by atoms with Gasteiger partial charge in [-0.1, -0.05) is 0 Å². The highest BCUT2D eigenvalue weighted by Crippen LogP contribution is 2.27. The van der Waals surface area contributed by atoms with E-state index >= 15 is 0 Å². The molecule has 0 spiro atoms. The van der Waals surface area contributed by atoms with Crippen LogP contribution in [0.15, 0.2) is 0 Å². The number of hydrogen-bond acceptors (Lipinski definition) is 3. The van der Waals surface area contributed by atoms with Gasteiger partial charge in [-0.15, -0.1) is 0 Å². The molecule has 0 aromatic heterocycles. The second kappa shape index (κ2) is 2.97. The first-order valence-electron chi connectivity index (χ1n) is 3.54. The molecule has 1 saturated heterocycles. The molecule has 1 unspecified atom stereocenters. The van der Waals surface area contributed by atoms with Gasteiger partial charge in [0.2, 0.25) is 5.78 Å². The van der Waals surface area contributed by atoms with Crippen LogP contribution in [0.25, 0.3) is 0 Å². The van der Waals surface area contributed by atoms with E-state index in [4.69, 9.17) is 0 Å². The Bertz CT molecular complexity index is 317. The molecular weight excluding hydrogens is 209 g/mol. The summed E-state index contributed by atoms with van der Waals surface area (Å²) in [4.78, 5) is 10.6. The summed E-state index contributed by atoms with van der Waals surface area (Å²) in [5.74, 6) is -4.29. The van der Waals surface area contributed by atoms with Crippen molar-refractivity contribution in [1.82, 2.24) is 0 Å². The summed E-state index contributed by atoms with van der Waals surface area (Å²) in [5, 5.41) is 0. The van der Waals surface area contributed by atoms with E-state index in [-0.39, 0.29) is 12.2 Å². The standard InChI is InChI=1S/C6H7F3O3S/c7-6(8,9)5(10)4-1-2-13(11,12)3-4/h4H,1-3H2. The maximum Gasteiger partial charge on any atom is 0.450 e. The molecule has 1 aliphatic heterocycles. The first kappa shape index (κ1) is 10.5. The van der Waals surface area contributed by atoms with E-state index in [2.05, 4.69) is 0 Å². The van der Waals surface area contributed by atoms with Crippen molar-refractivity contribution in [3.05, 3.63) is 0 Å². The Morgan fingerprint density at radius 1 is 1.31 bits per heavy atom. The van der Waals surface area contributed by atoms with Crippen molar-refractivity contribution in [2.45, 2.75) is 12.6 Å². The van der Waals surface area contributed by atoms with Gasteiger partial charge in [0.1, 0.15) is 0 Å². The summed E-state index contributed by atoms with van der Waals surface area (Å²) in [6.07, 6.45) is -5.12. The van der Waals surface area contributed by atoms with Crippen LogP contribution in [0, 0.1) is 5.92 Å². The molecular formula is C6H7F3O3S. The van der Waals surface area contributed by atoms with Gasteiger partial charge in [0.05, 0.1) is 11.5 Å². The number of carbonyl (C=O) groups is 1. The van der Waals surface area contributed by atoms with E-state index < -0.39 is 33.5 Å². The average molecular weight is 216 g/mol. The maximum absolute atomic E-state index is 11.8. The van der Waals surface area contributed by atoms with Crippen LogP contribution in [0.4, 0.5) is 13.2 Å². The van der Waals surface area contributed by atoms with Crippen LogP contribution in [0.1, 0.15) is 6.42 Å². The van der Waals surface area contributed by atoms with Crippen molar-refractivity contribution in [3.8, 4) is 0 Å². The van der Waals surface area contributed by atoms with Crippen molar-refractivity contribution in [2.24, 2.45) is 5.92 Å². The monoisotopic (exact) mass is 216 g/mol. The normalized spacial score (nSPS) is 27.5. The van der Waals surface area contributed by atoms with Gasteiger partial charge in [0.15, 0.2) is 9.84 Å². The molecule has 0 saturated carbocycles. The number of ketones is 1. The zero-order valence-electron chi connectivity index (χ0n) is 6.47. The van der Waals surface area contributed by atoms with Crippen molar-refractivity contribution in [2.75, 3.05) is 11.5 Å². The summed E-state index contributed by atoms with van der Waals surface area (Å²) in [7, 11) is -3.42. The summed E-state index contributed by atoms with van der Waals surface area (Å²) in [5.41, 5.74) is 0. The lowest BCUT2D eigenvalue weighted by atomic mass is 10.0.